The van der Waals surface area contributed by atoms with E-state index in [0.29, 0.717) is 13.0 Å². The van der Waals surface area contributed by atoms with Crippen LogP contribution in [-0.2, 0) is 18.3 Å². The monoisotopic (exact) mass is 607 g/mol. The maximum absolute atomic E-state index is 12.0. The van der Waals surface area contributed by atoms with Crippen molar-refractivity contribution >= 4 is 7.82 Å². The standard InChI is InChI=1S/C34H72NO5P/c1-5-6-7-8-9-10-11-12-13-14-15-16-18-21-24-27-31-38-32-29-34-40-41(36,37)39-33-28-25-22-19-17-20-23-26-30-35(2,3)4/h5-34H2,1-4H3/p+1. The smallest absolute Gasteiger partial charge is 0.381 e. The van der Waals surface area contributed by atoms with Crippen LogP contribution in [0.3, 0.4) is 0 Å². The van der Waals surface area contributed by atoms with Gasteiger partial charge in [0, 0.05) is 13.2 Å². The molecular weight excluding hydrogens is 533 g/mol. The summed E-state index contributed by atoms with van der Waals surface area (Å²) >= 11 is 0. The number of hydrogen-bond acceptors (Lipinski definition) is 4. The van der Waals surface area contributed by atoms with Gasteiger partial charge in [-0.1, -0.05) is 135 Å². The average Bonchev–Trinajstić information content (AvgIpc) is 2.92. The lowest BCUT2D eigenvalue weighted by Gasteiger charge is -2.23. The molecular formula is C34H73NO5P+. The zero-order chi connectivity index (χ0) is 30.3. The van der Waals surface area contributed by atoms with E-state index in [4.69, 9.17) is 13.8 Å². The molecule has 0 aromatic rings. The third-order valence-corrected chi connectivity index (χ3v) is 8.83. The molecule has 1 atom stereocenters. The molecule has 1 N–H and O–H groups in total. The van der Waals surface area contributed by atoms with Crippen LogP contribution in [0.5, 0.6) is 0 Å². The molecule has 0 spiro atoms. The number of phosphoric ester groups is 1. The van der Waals surface area contributed by atoms with Gasteiger partial charge in [0.05, 0.1) is 40.9 Å². The van der Waals surface area contributed by atoms with E-state index in [0.717, 1.165) is 36.8 Å². The van der Waals surface area contributed by atoms with Gasteiger partial charge in [-0.2, -0.15) is 0 Å². The number of nitrogens with zero attached hydrogens (tertiary/aromatic N) is 1. The number of unbranched alkanes of at least 4 members (excludes halogenated alkanes) is 22. The lowest BCUT2D eigenvalue weighted by Crippen LogP contribution is -2.35. The fraction of sp³-hybridized carbons (Fsp3) is 1.00. The molecule has 0 saturated heterocycles. The first-order valence-electron chi connectivity index (χ1n) is 17.8. The van der Waals surface area contributed by atoms with Gasteiger partial charge in [-0.15, -0.1) is 0 Å². The predicted octanol–water partition coefficient (Wildman–Crippen LogP) is 10.6. The molecule has 7 heteroatoms. The van der Waals surface area contributed by atoms with Gasteiger partial charge in [0.1, 0.15) is 0 Å². The van der Waals surface area contributed by atoms with Gasteiger partial charge in [-0.3, -0.25) is 9.05 Å². The zero-order valence-electron chi connectivity index (χ0n) is 28.2. The summed E-state index contributed by atoms with van der Waals surface area (Å²) in [4.78, 5) is 9.82. The highest BCUT2D eigenvalue weighted by molar-refractivity contribution is 7.47. The molecule has 0 rings (SSSR count). The minimum Gasteiger partial charge on any atom is -0.381 e. The minimum atomic E-state index is -3.93. The Balaban J connectivity index is 3.28. The quantitative estimate of drug-likeness (QED) is 0.0448. The molecule has 248 valence electrons. The number of phosphoric acid groups is 1. The van der Waals surface area contributed by atoms with Crippen LogP contribution >= 0.6 is 7.82 Å². The molecule has 0 heterocycles. The molecule has 6 nitrogen and oxygen atoms in total. The van der Waals surface area contributed by atoms with Gasteiger partial charge in [-0.05, 0) is 32.1 Å². The first-order chi connectivity index (χ1) is 19.8. The molecule has 0 amide bonds. The van der Waals surface area contributed by atoms with Crippen molar-refractivity contribution in [3.05, 3.63) is 0 Å². The average molecular weight is 607 g/mol. The van der Waals surface area contributed by atoms with Gasteiger partial charge in [0.25, 0.3) is 0 Å². The molecule has 1 unspecified atom stereocenters. The normalized spacial score (nSPS) is 13.6. The summed E-state index contributed by atoms with van der Waals surface area (Å²) in [7, 11) is 2.81. The van der Waals surface area contributed by atoms with Crippen molar-refractivity contribution in [1.82, 2.24) is 0 Å². The van der Waals surface area contributed by atoms with Crippen LogP contribution in [0.15, 0.2) is 0 Å². The number of hydrogen-bond donors (Lipinski definition) is 1. The number of ether oxygens (including phenoxy) is 1. The van der Waals surface area contributed by atoms with Crippen molar-refractivity contribution < 1.29 is 27.7 Å². The molecule has 0 fully saturated rings. The van der Waals surface area contributed by atoms with Gasteiger partial charge in [0.15, 0.2) is 0 Å². The molecule has 0 aliphatic carbocycles. The topological polar surface area (TPSA) is 65.0 Å². The fourth-order valence-corrected chi connectivity index (χ4v) is 5.96. The Morgan fingerprint density at radius 2 is 0.780 bits per heavy atom. The molecule has 0 aromatic heterocycles. The van der Waals surface area contributed by atoms with Gasteiger partial charge >= 0.3 is 7.82 Å². The van der Waals surface area contributed by atoms with Crippen molar-refractivity contribution in [2.24, 2.45) is 0 Å². The lowest BCUT2D eigenvalue weighted by molar-refractivity contribution is -0.870. The Morgan fingerprint density at radius 1 is 0.463 bits per heavy atom. The van der Waals surface area contributed by atoms with Crippen molar-refractivity contribution in [3.8, 4) is 0 Å². The van der Waals surface area contributed by atoms with Crippen LogP contribution in [0.4, 0.5) is 0 Å². The first-order valence-corrected chi connectivity index (χ1v) is 19.3. The summed E-state index contributed by atoms with van der Waals surface area (Å²) in [5, 5.41) is 0. The SMILES string of the molecule is CCCCCCCCCCCCCCCCCCOCCCOP(=O)(O)OCCCCCCCCCC[N+](C)(C)C. The Hall–Kier alpha value is 0.0300. The van der Waals surface area contributed by atoms with Gasteiger partial charge in [0.2, 0.25) is 0 Å². The summed E-state index contributed by atoms with van der Waals surface area (Å²) in [6.45, 7) is 5.34. The van der Waals surface area contributed by atoms with Crippen LogP contribution < -0.4 is 0 Å². The van der Waals surface area contributed by atoms with Crippen LogP contribution in [0.1, 0.15) is 167 Å². The highest BCUT2D eigenvalue weighted by Gasteiger charge is 2.20. The van der Waals surface area contributed by atoms with Crippen LogP contribution in [0.2, 0.25) is 0 Å². The first kappa shape index (κ1) is 41.0. The van der Waals surface area contributed by atoms with E-state index < -0.39 is 7.82 Å². The summed E-state index contributed by atoms with van der Waals surface area (Å²) < 4.78 is 28.9. The van der Waals surface area contributed by atoms with E-state index in [1.54, 1.807) is 0 Å². The lowest BCUT2D eigenvalue weighted by atomic mass is 10.0. The van der Waals surface area contributed by atoms with E-state index in [-0.39, 0.29) is 13.2 Å². The summed E-state index contributed by atoms with van der Waals surface area (Å²) in [6, 6.07) is 0. The second kappa shape index (κ2) is 30.1. The Kier molecular flexibility index (Phi) is 30.1. The van der Waals surface area contributed by atoms with Crippen molar-refractivity contribution in [3.63, 3.8) is 0 Å². The van der Waals surface area contributed by atoms with Crippen molar-refractivity contribution in [2.75, 3.05) is 54.1 Å². The van der Waals surface area contributed by atoms with Crippen LogP contribution in [0, 0.1) is 0 Å². The Bertz CT molecular complexity index is 570. The van der Waals surface area contributed by atoms with Crippen molar-refractivity contribution in [2.45, 2.75) is 167 Å². The summed E-state index contributed by atoms with van der Waals surface area (Å²) in [5.41, 5.74) is 0. The molecule has 41 heavy (non-hydrogen) atoms. The van der Waals surface area contributed by atoms with E-state index in [2.05, 4.69) is 28.1 Å². The number of quaternary nitrogens is 1. The minimum absolute atomic E-state index is 0.195. The third kappa shape index (κ3) is 36.1. The van der Waals surface area contributed by atoms with E-state index in [9.17, 15) is 9.46 Å². The Morgan fingerprint density at radius 3 is 1.20 bits per heavy atom. The molecule has 0 aliphatic rings. The van der Waals surface area contributed by atoms with Crippen LogP contribution in [0.25, 0.3) is 0 Å². The number of rotatable bonds is 34. The second-order valence-electron chi connectivity index (χ2n) is 13.2. The predicted molar refractivity (Wildman–Crippen MR) is 177 cm³/mol. The highest BCUT2D eigenvalue weighted by atomic mass is 31.2. The molecule has 0 saturated carbocycles. The summed E-state index contributed by atoms with van der Waals surface area (Å²) in [6.07, 6.45) is 32.0. The second-order valence-corrected chi connectivity index (χ2v) is 14.7. The molecule has 0 bridgehead atoms. The van der Waals surface area contributed by atoms with E-state index in [1.807, 2.05) is 0 Å². The maximum atomic E-state index is 12.0. The van der Waals surface area contributed by atoms with E-state index in [1.165, 1.54) is 135 Å². The van der Waals surface area contributed by atoms with Crippen molar-refractivity contribution in [1.29, 1.82) is 0 Å². The largest absolute Gasteiger partial charge is 0.472 e. The van der Waals surface area contributed by atoms with Crippen LogP contribution in [-0.4, -0.2) is 63.5 Å². The molecule has 0 aliphatic heterocycles. The summed E-state index contributed by atoms with van der Waals surface area (Å²) in [5.74, 6) is 0. The van der Waals surface area contributed by atoms with Gasteiger partial charge in [-0.25, -0.2) is 4.57 Å². The third-order valence-electron chi connectivity index (χ3n) is 7.81. The molecule has 0 radical (unpaired) electrons. The van der Waals surface area contributed by atoms with Gasteiger partial charge < -0.3 is 14.1 Å². The zero-order valence-corrected chi connectivity index (χ0v) is 29.1. The maximum Gasteiger partial charge on any atom is 0.472 e. The highest BCUT2D eigenvalue weighted by Crippen LogP contribution is 2.43. The fourth-order valence-electron chi connectivity index (χ4n) is 5.16. The Labute approximate surface area is 256 Å². The molecule has 0 aromatic carbocycles. The van der Waals surface area contributed by atoms with E-state index >= 15 is 0 Å².